The second-order valence-corrected chi connectivity index (χ2v) is 3.15. The highest BCUT2D eigenvalue weighted by Crippen LogP contribution is 2.14. The molecular weight excluding hydrogens is 191 g/mol. The highest BCUT2D eigenvalue weighted by Gasteiger charge is 2.05. The van der Waals surface area contributed by atoms with Gasteiger partial charge in [-0.15, -0.1) is 0 Å². The molecule has 0 saturated carbocycles. The van der Waals surface area contributed by atoms with Gasteiger partial charge >= 0.3 is 0 Å². The molecule has 1 aromatic carbocycles. The summed E-state index contributed by atoms with van der Waals surface area (Å²) in [4.78, 5) is 0. The van der Waals surface area contributed by atoms with E-state index in [1.54, 1.807) is 37.3 Å². The molecule has 0 aromatic heterocycles. The summed E-state index contributed by atoms with van der Waals surface area (Å²) in [6.07, 6.45) is 0.295. The standard InChI is InChI=1S/C12H9FN2/c1-9(11(7-14)8-15)6-10-4-2-3-5-12(10)13/h2-5H,6H2,1H3. The van der Waals surface area contributed by atoms with E-state index in [-0.39, 0.29) is 11.4 Å². The van der Waals surface area contributed by atoms with Crippen LogP contribution in [0.25, 0.3) is 0 Å². The van der Waals surface area contributed by atoms with Gasteiger partial charge in [0.05, 0.1) is 0 Å². The first-order valence-electron chi connectivity index (χ1n) is 4.42. The molecule has 0 aliphatic rings. The smallest absolute Gasteiger partial charge is 0.128 e. The van der Waals surface area contributed by atoms with Gasteiger partial charge in [-0.1, -0.05) is 18.2 Å². The van der Waals surface area contributed by atoms with E-state index >= 15 is 0 Å². The largest absolute Gasteiger partial charge is 0.207 e. The lowest BCUT2D eigenvalue weighted by Gasteiger charge is -2.02. The van der Waals surface area contributed by atoms with Gasteiger partial charge in [-0.2, -0.15) is 10.5 Å². The van der Waals surface area contributed by atoms with E-state index in [0.717, 1.165) is 0 Å². The maximum absolute atomic E-state index is 13.2. The van der Waals surface area contributed by atoms with Gasteiger partial charge in [0, 0.05) is 0 Å². The van der Waals surface area contributed by atoms with Gasteiger partial charge in [-0.05, 0) is 30.5 Å². The zero-order valence-corrected chi connectivity index (χ0v) is 8.29. The number of halogens is 1. The molecule has 2 nitrogen and oxygen atoms in total. The second-order valence-electron chi connectivity index (χ2n) is 3.15. The Hall–Kier alpha value is -2.13. The minimum absolute atomic E-state index is 0.0539. The first-order valence-corrected chi connectivity index (χ1v) is 4.42. The summed E-state index contributed by atoms with van der Waals surface area (Å²) in [5.41, 5.74) is 1.14. The van der Waals surface area contributed by atoms with Crippen LogP contribution in [-0.2, 0) is 6.42 Å². The number of allylic oxidation sites excluding steroid dienone is 2. The summed E-state index contributed by atoms with van der Waals surface area (Å²) in [5.74, 6) is -0.313. The lowest BCUT2D eigenvalue weighted by atomic mass is 10.0. The molecule has 0 atom stereocenters. The van der Waals surface area contributed by atoms with Crippen molar-refractivity contribution in [2.45, 2.75) is 13.3 Å². The summed E-state index contributed by atoms with van der Waals surface area (Å²) in [7, 11) is 0. The molecule has 1 rings (SSSR count). The predicted molar refractivity (Wildman–Crippen MR) is 54.0 cm³/mol. The summed E-state index contributed by atoms with van der Waals surface area (Å²) in [6.45, 7) is 1.66. The number of nitrogens with zero attached hydrogens (tertiary/aromatic N) is 2. The Labute approximate surface area is 87.9 Å². The number of rotatable bonds is 2. The van der Waals surface area contributed by atoms with Crippen LogP contribution < -0.4 is 0 Å². The Balaban J connectivity index is 3.00. The fourth-order valence-corrected chi connectivity index (χ4v) is 1.23. The van der Waals surface area contributed by atoms with E-state index in [4.69, 9.17) is 10.5 Å². The van der Waals surface area contributed by atoms with Crippen LogP contribution in [0.3, 0.4) is 0 Å². The molecule has 0 bridgehead atoms. The summed E-state index contributed by atoms with van der Waals surface area (Å²) < 4.78 is 13.2. The summed E-state index contributed by atoms with van der Waals surface area (Å²) in [6, 6.07) is 9.91. The van der Waals surface area contributed by atoms with Gasteiger partial charge in [0.25, 0.3) is 0 Å². The maximum Gasteiger partial charge on any atom is 0.128 e. The molecule has 0 amide bonds. The molecular formula is C12H9FN2. The highest BCUT2D eigenvalue weighted by atomic mass is 19.1. The van der Waals surface area contributed by atoms with Crippen LogP contribution >= 0.6 is 0 Å². The molecule has 3 heteroatoms. The monoisotopic (exact) mass is 200 g/mol. The third-order valence-corrected chi connectivity index (χ3v) is 2.06. The molecule has 0 fully saturated rings. The van der Waals surface area contributed by atoms with Gasteiger partial charge in [0.15, 0.2) is 0 Å². The van der Waals surface area contributed by atoms with Crippen LogP contribution in [0.4, 0.5) is 4.39 Å². The minimum Gasteiger partial charge on any atom is -0.207 e. The summed E-state index contributed by atoms with van der Waals surface area (Å²) >= 11 is 0. The minimum atomic E-state index is -0.313. The quantitative estimate of drug-likeness (QED) is 0.689. The van der Waals surface area contributed by atoms with Crippen molar-refractivity contribution in [2.75, 3.05) is 0 Å². The fourth-order valence-electron chi connectivity index (χ4n) is 1.23. The van der Waals surface area contributed by atoms with Gasteiger partial charge in [-0.3, -0.25) is 0 Å². The lowest BCUT2D eigenvalue weighted by Crippen LogP contribution is -1.93. The van der Waals surface area contributed by atoms with Gasteiger partial charge in [-0.25, -0.2) is 4.39 Å². The number of hydrogen-bond donors (Lipinski definition) is 0. The molecule has 0 heterocycles. The van der Waals surface area contributed by atoms with E-state index in [1.807, 2.05) is 0 Å². The molecule has 74 valence electrons. The molecule has 1 aromatic rings. The third kappa shape index (κ3) is 2.65. The maximum atomic E-state index is 13.2. The third-order valence-electron chi connectivity index (χ3n) is 2.06. The van der Waals surface area contributed by atoms with E-state index in [9.17, 15) is 4.39 Å². The Morgan fingerprint density at radius 1 is 1.27 bits per heavy atom. The Kier molecular flexibility index (Phi) is 3.60. The Bertz CT molecular complexity index is 459. The SMILES string of the molecule is CC(Cc1ccccc1F)=C(C#N)C#N. The molecule has 0 saturated heterocycles. The van der Waals surface area contributed by atoms with Crippen LogP contribution in [-0.4, -0.2) is 0 Å². The topological polar surface area (TPSA) is 47.6 Å². The van der Waals surface area contributed by atoms with Gasteiger partial charge < -0.3 is 0 Å². The first-order chi connectivity index (χ1) is 7.19. The zero-order valence-electron chi connectivity index (χ0n) is 8.29. The van der Waals surface area contributed by atoms with Crippen molar-refractivity contribution >= 4 is 0 Å². The van der Waals surface area contributed by atoms with E-state index in [1.165, 1.54) is 6.07 Å². The normalized spacial score (nSPS) is 8.80. The average molecular weight is 200 g/mol. The van der Waals surface area contributed by atoms with Crippen LogP contribution in [0.1, 0.15) is 12.5 Å². The predicted octanol–water partition coefficient (Wildman–Crippen LogP) is 2.73. The molecule has 0 aliphatic heterocycles. The van der Waals surface area contributed by atoms with Crippen molar-refractivity contribution in [3.05, 3.63) is 46.8 Å². The van der Waals surface area contributed by atoms with Crippen molar-refractivity contribution in [2.24, 2.45) is 0 Å². The molecule has 0 unspecified atom stereocenters. The van der Waals surface area contributed by atoms with Crippen molar-refractivity contribution in [3.8, 4) is 12.1 Å². The lowest BCUT2D eigenvalue weighted by molar-refractivity contribution is 0.613. The van der Waals surface area contributed by atoms with Crippen molar-refractivity contribution < 1.29 is 4.39 Å². The van der Waals surface area contributed by atoms with E-state index in [2.05, 4.69) is 0 Å². The first kappa shape index (κ1) is 10.9. The van der Waals surface area contributed by atoms with Crippen molar-refractivity contribution in [1.82, 2.24) is 0 Å². The van der Waals surface area contributed by atoms with Crippen molar-refractivity contribution in [1.29, 1.82) is 10.5 Å². The average Bonchev–Trinajstić information content (AvgIpc) is 2.23. The zero-order chi connectivity index (χ0) is 11.3. The van der Waals surface area contributed by atoms with E-state index < -0.39 is 0 Å². The summed E-state index contributed by atoms with van der Waals surface area (Å²) in [5, 5.41) is 17.2. The molecule has 15 heavy (non-hydrogen) atoms. The number of nitriles is 2. The molecule has 0 aliphatic carbocycles. The highest BCUT2D eigenvalue weighted by molar-refractivity contribution is 5.41. The molecule has 0 radical (unpaired) electrons. The van der Waals surface area contributed by atoms with E-state index in [0.29, 0.717) is 17.6 Å². The molecule has 0 spiro atoms. The fraction of sp³-hybridized carbons (Fsp3) is 0.167. The molecule has 0 N–H and O–H groups in total. The number of hydrogen-bond acceptors (Lipinski definition) is 2. The van der Waals surface area contributed by atoms with Gasteiger partial charge in [0.1, 0.15) is 23.5 Å². The second kappa shape index (κ2) is 4.93. The number of benzene rings is 1. The van der Waals surface area contributed by atoms with Crippen LogP contribution in [0.15, 0.2) is 35.4 Å². The van der Waals surface area contributed by atoms with Crippen LogP contribution in [0, 0.1) is 28.5 Å². The van der Waals surface area contributed by atoms with Crippen LogP contribution in [0.5, 0.6) is 0 Å². The Morgan fingerprint density at radius 3 is 2.40 bits per heavy atom. The van der Waals surface area contributed by atoms with Crippen molar-refractivity contribution in [3.63, 3.8) is 0 Å². The van der Waals surface area contributed by atoms with Gasteiger partial charge in [0.2, 0.25) is 0 Å². The Morgan fingerprint density at radius 2 is 1.87 bits per heavy atom. The van der Waals surface area contributed by atoms with Crippen LogP contribution in [0.2, 0.25) is 0 Å².